The molecule has 0 saturated heterocycles. The molecule has 188 valence electrons. The Hall–Kier alpha value is -3.35. The molecule has 2 unspecified atom stereocenters. The van der Waals surface area contributed by atoms with Gasteiger partial charge in [0.05, 0.1) is 7.11 Å². The van der Waals surface area contributed by atoms with Crippen molar-refractivity contribution in [1.82, 2.24) is 10.6 Å². The lowest BCUT2D eigenvalue weighted by Crippen LogP contribution is -2.55. The maximum atomic E-state index is 13.2. The first-order chi connectivity index (χ1) is 17.0. The van der Waals surface area contributed by atoms with Crippen LogP contribution in [-0.2, 0) is 27.2 Å². The van der Waals surface area contributed by atoms with E-state index in [0.717, 1.165) is 55.4 Å². The van der Waals surface area contributed by atoms with Crippen molar-refractivity contribution >= 4 is 17.8 Å². The molecular weight excluding hydrogens is 444 g/mol. The summed E-state index contributed by atoms with van der Waals surface area (Å²) in [6.07, 6.45) is 6.72. The molecule has 0 radical (unpaired) electrons. The summed E-state index contributed by atoms with van der Waals surface area (Å²) in [6.45, 7) is 0. The first-order valence-corrected chi connectivity index (χ1v) is 12.5. The third-order valence-electron chi connectivity index (χ3n) is 6.65. The minimum atomic E-state index is -1.09. The van der Waals surface area contributed by atoms with Crippen molar-refractivity contribution in [3.8, 4) is 5.75 Å². The van der Waals surface area contributed by atoms with Crippen molar-refractivity contribution in [2.45, 2.75) is 69.9 Å². The van der Waals surface area contributed by atoms with Crippen LogP contribution in [0.1, 0.15) is 56.1 Å². The molecule has 0 bridgehead atoms. The molecule has 7 heteroatoms. The van der Waals surface area contributed by atoms with Gasteiger partial charge in [-0.15, -0.1) is 0 Å². The van der Waals surface area contributed by atoms with E-state index in [1.54, 1.807) is 7.11 Å². The van der Waals surface area contributed by atoms with Crippen LogP contribution >= 0.6 is 0 Å². The highest BCUT2D eigenvalue weighted by Gasteiger charge is 2.33. The lowest BCUT2D eigenvalue weighted by molar-refractivity contribution is -0.142. The summed E-state index contributed by atoms with van der Waals surface area (Å²) in [4.78, 5) is 37.9. The largest absolute Gasteiger partial charge is 0.497 e. The van der Waals surface area contributed by atoms with Gasteiger partial charge in [-0.05, 0) is 54.9 Å². The van der Waals surface area contributed by atoms with Crippen LogP contribution in [0, 0.1) is 5.92 Å². The minimum Gasteiger partial charge on any atom is -0.497 e. The Kier molecular flexibility index (Phi) is 10.1. The van der Waals surface area contributed by atoms with Crippen LogP contribution < -0.4 is 15.4 Å². The molecule has 3 rings (SSSR count). The molecule has 1 aliphatic carbocycles. The van der Waals surface area contributed by atoms with E-state index in [-0.39, 0.29) is 18.2 Å². The lowest BCUT2D eigenvalue weighted by Gasteiger charge is -2.31. The van der Waals surface area contributed by atoms with E-state index in [1.165, 1.54) is 0 Å². The number of carbonyl (C=O) groups is 3. The molecule has 0 aliphatic heterocycles. The smallest absolute Gasteiger partial charge is 0.326 e. The zero-order valence-corrected chi connectivity index (χ0v) is 20.4. The molecule has 1 fully saturated rings. The molecule has 35 heavy (non-hydrogen) atoms. The first kappa shape index (κ1) is 26.3. The van der Waals surface area contributed by atoms with Crippen LogP contribution in [0.3, 0.4) is 0 Å². The van der Waals surface area contributed by atoms with Crippen LogP contribution in [0.5, 0.6) is 5.75 Å². The summed E-state index contributed by atoms with van der Waals surface area (Å²) in [5, 5.41) is 15.3. The number of aryl methyl sites for hydroxylation is 1. The first-order valence-electron chi connectivity index (χ1n) is 12.5. The Labute approximate surface area is 207 Å². The van der Waals surface area contributed by atoms with Gasteiger partial charge in [0.2, 0.25) is 11.8 Å². The Morgan fingerprint density at radius 3 is 2.26 bits per heavy atom. The highest BCUT2D eigenvalue weighted by molar-refractivity contribution is 5.90. The van der Waals surface area contributed by atoms with E-state index in [4.69, 9.17) is 4.74 Å². The average molecular weight is 481 g/mol. The monoisotopic (exact) mass is 480 g/mol. The van der Waals surface area contributed by atoms with E-state index in [1.807, 2.05) is 54.6 Å². The van der Waals surface area contributed by atoms with Gasteiger partial charge in [0.1, 0.15) is 17.8 Å². The van der Waals surface area contributed by atoms with Gasteiger partial charge < -0.3 is 20.5 Å². The maximum Gasteiger partial charge on any atom is 0.326 e. The van der Waals surface area contributed by atoms with Gasteiger partial charge in [0, 0.05) is 12.8 Å². The Bertz CT molecular complexity index is 955. The summed E-state index contributed by atoms with van der Waals surface area (Å²) in [6, 6.07) is 15.2. The van der Waals surface area contributed by atoms with E-state index in [0.29, 0.717) is 12.8 Å². The predicted molar refractivity (Wildman–Crippen MR) is 134 cm³/mol. The molecule has 2 aromatic rings. The van der Waals surface area contributed by atoms with Crippen LogP contribution in [0.25, 0.3) is 0 Å². The number of carbonyl (C=O) groups excluding carboxylic acids is 2. The van der Waals surface area contributed by atoms with Crippen molar-refractivity contribution in [2.24, 2.45) is 5.92 Å². The van der Waals surface area contributed by atoms with E-state index in [9.17, 15) is 19.5 Å². The summed E-state index contributed by atoms with van der Waals surface area (Å²) in [5.41, 5.74) is 1.95. The minimum absolute atomic E-state index is 0.0143. The molecule has 7 nitrogen and oxygen atoms in total. The Morgan fingerprint density at radius 2 is 1.63 bits per heavy atom. The molecule has 2 aromatic carbocycles. The van der Waals surface area contributed by atoms with Crippen molar-refractivity contribution in [3.63, 3.8) is 0 Å². The number of rotatable bonds is 12. The SMILES string of the molecule is COc1ccc(CCCC(=O)NC(C(=O)NC(Cc2ccccc2)C(=O)O)C2CCCCC2)cc1. The highest BCUT2D eigenvalue weighted by atomic mass is 16.5. The predicted octanol–water partition coefficient (Wildman–Crippen LogP) is 3.90. The third-order valence-corrected chi connectivity index (χ3v) is 6.65. The second kappa shape index (κ2) is 13.5. The maximum absolute atomic E-state index is 13.2. The number of hydrogen-bond acceptors (Lipinski definition) is 4. The molecule has 2 amide bonds. The summed E-state index contributed by atoms with van der Waals surface area (Å²) in [7, 11) is 1.62. The summed E-state index contributed by atoms with van der Waals surface area (Å²) >= 11 is 0. The van der Waals surface area contributed by atoms with Gasteiger partial charge in [-0.2, -0.15) is 0 Å². The number of ether oxygens (including phenoxy) is 1. The summed E-state index contributed by atoms with van der Waals surface area (Å²) in [5.74, 6) is -0.876. The Balaban J connectivity index is 1.59. The standard InChI is InChI=1S/C28H36N2O5/c1-35-23-17-15-20(16-18-23)11-8-14-25(31)30-26(22-12-6-3-7-13-22)27(32)29-24(28(33)34)19-21-9-4-2-5-10-21/h2,4-5,9-10,15-18,22,24,26H,3,6-8,11-14,19H2,1H3,(H,29,32)(H,30,31)(H,33,34). The van der Waals surface area contributed by atoms with Crippen molar-refractivity contribution < 1.29 is 24.2 Å². The second-order valence-corrected chi connectivity index (χ2v) is 9.23. The number of amides is 2. The summed E-state index contributed by atoms with van der Waals surface area (Å²) < 4.78 is 5.17. The van der Waals surface area contributed by atoms with Gasteiger partial charge >= 0.3 is 5.97 Å². The normalized spacial score (nSPS) is 15.6. The van der Waals surface area contributed by atoms with E-state index < -0.39 is 24.0 Å². The van der Waals surface area contributed by atoms with Crippen molar-refractivity contribution in [1.29, 1.82) is 0 Å². The van der Waals surface area contributed by atoms with Crippen LogP contribution in [0.4, 0.5) is 0 Å². The number of carboxylic acid groups (broad SMARTS) is 1. The molecule has 0 spiro atoms. The molecule has 1 saturated carbocycles. The van der Waals surface area contributed by atoms with Gasteiger partial charge in [-0.1, -0.05) is 61.7 Å². The fraction of sp³-hybridized carbons (Fsp3) is 0.464. The zero-order valence-electron chi connectivity index (χ0n) is 20.4. The van der Waals surface area contributed by atoms with E-state index in [2.05, 4.69) is 10.6 Å². The van der Waals surface area contributed by atoms with E-state index >= 15 is 0 Å². The lowest BCUT2D eigenvalue weighted by atomic mass is 9.83. The van der Waals surface area contributed by atoms with Crippen LogP contribution in [-0.4, -0.2) is 42.1 Å². The fourth-order valence-electron chi connectivity index (χ4n) is 4.67. The molecule has 1 aliphatic rings. The fourth-order valence-corrected chi connectivity index (χ4v) is 4.67. The molecule has 2 atom stereocenters. The zero-order chi connectivity index (χ0) is 25.0. The second-order valence-electron chi connectivity index (χ2n) is 9.23. The number of nitrogens with one attached hydrogen (secondary N) is 2. The van der Waals surface area contributed by atoms with Crippen LogP contribution in [0.15, 0.2) is 54.6 Å². The average Bonchev–Trinajstić information content (AvgIpc) is 2.88. The number of carboxylic acids is 1. The molecule has 0 heterocycles. The third kappa shape index (κ3) is 8.42. The van der Waals surface area contributed by atoms with Gasteiger partial charge in [0.15, 0.2) is 0 Å². The molecule has 0 aromatic heterocycles. The van der Waals surface area contributed by atoms with Gasteiger partial charge in [-0.3, -0.25) is 9.59 Å². The topological polar surface area (TPSA) is 105 Å². The van der Waals surface area contributed by atoms with Gasteiger partial charge in [-0.25, -0.2) is 4.79 Å². The molecule has 3 N–H and O–H groups in total. The highest BCUT2D eigenvalue weighted by Crippen LogP contribution is 2.27. The number of methoxy groups -OCH3 is 1. The van der Waals surface area contributed by atoms with Gasteiger partial charge in [0.25, 0.3) is 0 Å². The molecular formula is C28H36N2O5. The van der Waals surface area contributed by atoms with Crippen molar-refractivity contribution in [3.05, 3.63) is 65.7 Å². The van der Waals surface area contributed by atoms with Crippen molar-refractivity contribution in [2.75, 3.05) is 7.11 Å². The van der Waals surface area contributed by atoms with Crippen LogP contribution in [0.2, 0.25) is 0 Å². The number of benzene rings is 2. The quantitative estimate of drug-likeness (QED) is 0.427. The Morgan fingerprint density at radius 1 is 0.943 bits per heavy atom. The number of aliphatic carboxylic acids is 1. The number of hydrogen-bond donors (Lipinski definition) is 3.